The molecule has 136 valence electrons. The molecule has 0 aliphatic heterocycles. The first-order chi connectivity index (χ1) is 12.6. The second-order valence-corrected chi connectivity index (χ2v) is 7.96. The van der Waals surface area contributed by atoms with Crippen molar-refractivity contribution in [2.45, 2.75) is 24.5 Å². The molecule has 0 spiro atoms. The average Bonchev–Trinajstić information content (AvgIpc) is 2.93. The van der Waals surface area contributed by atoms with Crippen LogP contribution < -0.4 is 5.32 Å². The van der Waals surface area contributed by atoms with Crippen molar-refractivity contribution in [3.63, 3.8) is 0 Å². The number of thiophene rings is 1. The number of ether oxygens (including phenoxy) is 1. The Balaban J connectivity index is 2.02. The van der Waals surface area contributed by atoms with Gasteiger partial charge in [0.15, 0.2) is 0 Å². The number of carbonyl (C=O) groups excluding carboxylic acids is 2. The van der Waals surface area contributed by atoms with E-state index in [1.165, 1.54) is 11.8 Å². The molecule has 0 aliphatic rings. The first kappa shape index (κ1) is 20.4. The molecule has 0 bridgehead atoms. The van der Waals surface area contributed by atoms with E-state index in [0.29, 0.717) is 20.3 Å². The monoisotopic (exact) mass is 406 g/mol. The van der Waals surface area contributed by atoms with Crippen molar-refractivity contribution in [1.82, 2.24) is 0 Å². The van der Waals surface area contributed by atoms with Crippen molar-refractivity contribution in [2.24, 2.45) is 0 Å². The zero-order valence-corrected chi connectivity index (χ0v) is 16.9. The molecule has 1 aromatic carbocycles. The number of nitriles is 1. The first-order valence-electron chi connectivity index (χ1n) is 7.84. The molecule has 0 aliphatic carbocycles. The van der Waals surface area contributed by atoms with Crippen molar-refractivity contribution >= 4 is 51.7 Å². The summed E-state index contributed by atoms with van der Waals surface area (Å²) in [6.07, 6.45) is 0. The van der Waals surface area contributed by atoms with E-state index in [-0.39, 0.29) is 18.3 Å². The second-order valence-electron chi connectivity index (χ2n) is 5.15. The SMILES string of the molecule is CCOC(=O)c1sc(NC(=O)CSCc2ccccc2)c(SC#N)c1C. The Bertz CT molecular complexity index is 813. The summed E-state index contributed by atoms with van der Waals surface area (Å²) >= 11 is 3.59. The maximum atomic E-state index is 12.2. The maximum absolute atomic E-state index is 12.2. The zero-order valence-electron chi connectivity index (χ0n) is 14.4. The van der Waals surface area contributed by atoms with Gasteiger partial charge in [-0.2, -0.15) is 5.26 Å². The molecule has 1 aromatic heterocycles. The Hall–Kier alpha value is -1.95. The predicted molar refractivity (Wildman–Crippen MR) is 108 cm³/mol. The van der Waals surface area contributed by atoms with Gasteiger partial charge in [0.05, 0.1) is 17.3 Å². The van der Waals surface area contributed by atoms with Gasteiger partial charge in [0.25, 0.3) is 0 Å². The Labute approximate surface area is 165 Å². The van der Waals surface area contributed by atoms with Crippen LogP contribution in [-0.2, 0) is 15.3 Å². The quantitative estimate of drug-likeness (QED) is 0.390. The smallest absolute Gasteiger partial charge is 0.348 e. The van der Waals surface area contributed by atoms with Crippen molar-refractivity contribution in [2.75, 3.05) is 17.7 Å². The largest absolute Gasteiger partial charge is 0.462 e. The van der Waals surface area contributed by atoms with Crippen LogP contribution in [0.25, 0.3) is 0 Å². The third-order valence-corrected chi connectivity index (χ3v) is 6.42. The van der Waals surface area contributed by atoms with Gasteiger partial charge in [-0.3, -0.25) is 4.79 Å². The number of anilines is 1. The van der Waals surface area contributed by atoms with E-state index in [2.05, 4.69) is 5.32 Å². The van der Waals surface area contributed by atoms with Crippen LogP contribution in [0.3, 0.4) is 0 Å². The van der Waals surface area contributed by atoms with Gasteiger partial charge in [-0.1, -0.05) is 30.3 Å². The van der Waals surface area contributed by atoms with Crippen LogP contribution in [0.5, 0.6) is 0 Å². The van der Waals surface area contributed by atoms with Crippen LogP contribution in [0.15, 0.2) is 35.2 Å². The molecule has 0 saturated heterocycles. The molecule has 0 fully saturated rings. The number of nitrogens with one attached hydrogen (secondary N) is 1. The minimum absolute atomic E-state index is 0.164. The first-order valence-corrected chi connectivity index (χ1v) is 10.6. The molecule has 1 heterocycles. The zero-order chi connectivity index (χ0) is 18.9. The summed E-state index contributed by atoms with van der Waals surface area (Å²) in [5.74, 6) is 0.430. The van der Waals surface area contributed by atoms with E-state index in [1.807, 2.05) is 35.7 Å². The minimum atomic E-state index is -0.436. The standard InChI is InChI=1S/C18H18N2O3S3/c1-3-23-18(22)16-12(2)15(25-11-19)17(26-16)20-14(21)10-24-9-13-7-5-4-6-8-13/h4-8H,3,9-10H2,1-2H3,(H,20,21). The van der Waals surface area contributed by atoms with Crippen LogP contribution in [0.4, 0.5) is 5.00 Å². The van der Waals surface area contributed by atoms with Gasteiger partial charge in [-0.25, -0.2) is 4.79 Å². The molecule has 0 radical (unpaired) electrons. The summed E-state index contributed by atoms with van der Waals surface area (Å²) in [6, 6.07) is 9.91. The van der Waals surface area contributed by atoms with Gasteiger partial charge < -0.3 is 10.1 Å². The van der Waals surface area contributed by atoms with E-state index < -0.39 is 5.97 Å². The molecular weight excluding hydrogens is 388 g/mol. The number of hydrogen-bond acceptors (Lipinski definition) is 7. The highest BCUT2D eigenvalue weighted by Gasteiger charge is 2.22. The normalized spacial score (nSPS) is 10.2. The summed E-state index contributed by atoms with van der Waals surface area (Å²) in [5, 5.41) is 14.3. The van der Waals surface area contributed by atoms with Crippen molar-refractivity contribution in [3.8, 4) is 5.40 Å². The number of nitrogens with zero attached hydrogens (tertiary/aromatic N) is 1. The fourth-order valence-corrected chi connectivity index (χ4v) is 4.74. The second kappa shape index (κ2) is 10.3. The molecule has 26 heavy (non-hydrogen) atoms. The molecular formula is C18H18N2O3S3. The van der Waals surface area contributed by atoms with Crippen LogP contribution in [0, 0.1) is 17.6 Å². The molecule has 8 heteroatoms. The van der Waals surface area contributed by atoms with Crippen molar-refractivity contribution in [1.29, 1.82) is 5.26 Å². The van der Waals surface area contributed by atoms with Crippen molar-refractivity contribution < 1.29 is 14.3 Å². The van der Waals surface area contributed by atoms with Crippen LogP contribution >= 0.6 is 34.9 Å². The number of rotatable bonds is 8. The molecule has 1 amide bonds. The Morgan fingerprint density at radius 1 is 1.31 bits per heavy atom. The maximum Gasteiger partial charge on any atom is 0.348 e. The summed E-state index contributed by atoms with van der Waals surface area (Å²) in [6.45, 7) is 3.76. The molecule has 5 nitrogen and oxygen atoms in total. The Kier molecular flexibility index (Phi) is 8.04. The summed E-state index contributed by atoms with van der Waals surface area (Å²) in [5.41, 5.74) is 1.81. The number of esters is 1. The van der Waals surface area contributed by atoms with E-state index in [9.17, 15) is 9.59 Å². The molecule has 0 saturated carbocycles. The van der Waals surface area contributed by atoms with E-state index in [1.54, 1.807) is 13.8 Å². The van der Waals surface area contributed by atoms with E-state index in [4.69, 9.17) is 10.00 Å². The molecule has 0 atom stereocenters. The molecule has 2 rings (SSSR count). The van der Waals surface area contributed by atoms with Crippen LogP contribution in [-0.4, -0.2) is 24.2 Å². The van der Waals surface area contributed by atoms with Gasteiger partial charge in [0.2, 0.25) is 5.91 Å². The topological polar surface area (TPSA) is 79.2 Å². The molecule has 2 aromatic rings. The highest BCUT2D eigenvalue weighted by Crippen LogP contribution is 2.40. The van der Waals surface area contributed by atoms with Gasteiger partial charge in [-0.15, -0.1) is 23.1 Å². The summed E-state index contributed by atoms with van der Waals surface area (Å²) in [4.78, 5) is 25.3. The highest BCUT2D eigenvalue weighted by molar-refractivity contribution is 8.04. The third-order valence-electron chi connectivity index (χ3n) is 3.30. The average molecular weight is 407 g/mol. The van der Waals surface area contributed by atoms with E-state index in [0.717, 1.165) is 34.4 Å². The fraction of sp³-hybridized carbons (Fsp3) is 0.278. The van der Waals surface area contributed by atoms with Gasteiger partial charge in [0, 0.05) is 5.75 Å². The fourth-order valence-electron chi connectivity index (χ4n) is 2.14. The Morgan fingerprint density at radius 2 is 2.04 bits per heavy atom. The number of thioether (sulfide) groups is 2. The number of carbonyl (C=O) groups is 2. The molecule has 0 unspecified atom stereocenters. The predicted octanol–water partition coefficient (Wildman–Crippen LogP) is 4.68. The highest BCUT2D eigenvalue weighted by atomic mass is 32.2. The Morgan fingerprint density at radius 3 is 2.69 bits per heavy atom. The minimum Gasteiger partial charge on any atom is -0.462 e. The van der Waals surface area contributed by atoms with Gasteiger partial charge >= 0.3 is 5.97 Å². The van der Waals surface area contributed by atoms with Gasteiger partial charge in [-0.05, 0) is 36.7 Å². The van der Waals surface area contributed by atoms with Crippen LogP contribution in [0.2, 0.25) is 0 Å². The van der Waals surface area contributed by atoms with E-state index >= 15 is 0 Å². The lowest BCUT2D eigenvalue weighted by molar-refractivity contribution is -0.113. The number of hydrogen-bond donors (Lipinski definition) is 1. The van der Waals surface area contributed by atoms with Crippen LogP contribution in [0.1, 0.15) is 27.7 Å². The lowest BCUT2D eigenvalue weighted by atomic mass is 10.2. The lowest BCUT2D eigenvalue weighted by Crippen LogP contribution is -2.13. The van der Waals surface area contributed by atoms with Crippen molar-refractivity contribution in [3.05, 3.63) is 46.3 Å². The summed E-state index contributed by atoms with van der Waals surface area (Å²) in [7, 11) is 0. The molecule has 1 N–H and O–H groups in total. The number of amides is 1. The third kappa shape index (κ3) is 5.53. The number of thiocyanates is 1. The lowest BCUT2D eigenvalue weighted by Gasteiger charge is -2.05. The summed E-state index contributed by atoms with van der Waals surface area (Å²) < 4.78 is 5.04. The van der Waals surface area contributed by atoms with Gasteiger partial charge in [0.1, 0.15) is 15.3 Å². The number of benzene rings is 1.